The lowest BCUT2D eigenvalue weighted by Gasteiger charge is -2.29. The fourth-order valence-corrected chi connectivity index (χ4v) is 1.46. The molecule has 1 rings (SSSR count). The highest BCUT2D eigenvalue weighted by Gasteiger charge is 2.27. The number of anilines is 1. The van der Waals surface area contributed by atoms with Gasteiger partial charge < -0.3 is 10.2 Å². The van der Waals surface area contributed by atoms with E-state index in [2.05, 4.69) is 5.32 Å². The lowest BCUT2D eigenvalue weighted by Crippen LogP contribution is -2.51. The molecule has 0 aliphatic carbocycles. The minimum absolute atomic E-state index is 0.0563. The van der Waals surface area contributed by atoms with Crippen molar-refractivity contribution in [1.82, 2.24) is 10.2 Å². The maximum absolute atomic E-state index is 12.4. The summed E-state index contributed by atoms with van der Waals surface area (Å²) in [5, 5.41) is 2.32. The molecule has 0 saturated carbocycles. The first kappa shape index (κ1) is 15.7. The number of para-hydroxylation sites is 1. The van der Waals surface area contributed by atoms with Crippen LogP contribution >= 0.6 is 0 Å². The van der Waals surface area contributed by atoms with Gasteiger partial charge in [0.2, 0.25) is 6.29 Å². The molecule has 0 saturated heterocycles. The fraction of sp³-hybridized carbons (Fsp3) is 0.357. The number of benzene rings is 1. The topological polar surface area (TPSA) is 69.7 Å². The molecule has 0 aliphatic rings. The highest BCUT2D eigenvalue weighted by atomic mass is 16.2. The Morgan fingerprint density at radius 1 is 1.25 bits per heavy atom. The van der Waals surface area contributed by atoms with E-state index < -0.39 is 12.1 Å². The van der Waals surface area contributed by atoms with Crippen LogP contribution < -0.4 is 10.2 Å². The molecule has 0 fully saturated rings. The summed E-state index contributed by atoms with van der Waals surface area (Å²) in [6, 6.07) is 7.36. The Balaban J connectivity index is 3.05. The number of carbonyl (C=O) groups excluding carboxylic acids is 3. The van der Waals surface area contributed by atoms with Crippen molar-refractivity contribution in [3.05, 3.63) is 30.3 Å². The van der Waals surface area contributed by atoms with Gasteiger partial charge in [-0.15, -0.1) is 0 Å². The molecule has 20 heavy (non-hydrogen) atoms. The van der Waals surface area contributed by atoms with Gasteiger partial charge in [0.1, 0.15) is 0 Å². The zero-order valence-corrected chi connectivity index (χ0v) is 11.8. The molecule has 0 atom stereocenters. The third-order valence-electron chi connectivity index (χ3n) is 2.80. The van der Waals surface area contributed by atoms with Crippen LogP contribution in [0.2, 0.25) is 0 Å². The second-order valence-electron chi connectivity index (χ2n) is 4.46. The van der Waals surface area contributed by atoms with E-state index in [1.54, 1.807) is 43.7 Å². The van der Waals surface area contributed by atoms with Crippen molar-refractivity contribution in [1.29, 1.82) is 0 Å². The van der Waals surface area contributed by atoms with E-state index in [0.29, 0.717) is 5.69 Å². The Labute approximate surface area is 118 Å². The summed E-state index contributed by atoms with van der Waals surface area (Å²) >= 11 is 0. The SMILES string of the molecule is CC(C)N(C)C(=O)N(C(=O)NC[C]=O)c1ccccc1. The van der Waals surface area contributed by atoms with Gasteiger partial charge in [-0.1, -0.05) is 18.2 Å². The van der Waals surface area contributed by atoms with Gasteiger partial charge in [-0.05, 0) is 26.0 Å². The van der Waals surface area contributed by atoms with Crippen LogP contribution in [0.25, 0.3) is 0 Å². The molecule has 0 aliphatic heterocycles. The molecule has 1 radical (unpaired) electrons. The summed E-state index contributed by atoms with van der Waals surface area (Å²) in [5.41, 5.74) is 0.438. The van der Waals surface area contributed by atoms with E-state index in [-0.39, 0.29) is 12.6 Å². The van der Waals surface area contributed by atoms with Gasteiger partial charge in [0.25, 0.3) is 0 Å². The van der Waals surface area contributed by atoms with Gasteiger partial charge in [-0.2, -0.15) is 0 Å². The van der Waals surface area contributed by atoms with Gasteiger partial charge in [0.15, 0.2) is 0 Å². The molecule has 0 aromatic heterocycles. The smallest absolute Gasteiger partial charge is 0.330 e. The standard InChI is InChI=1S/C14H18N3O3/c1-11(2)16(3)14(20)17(13(19)15-9-10-18)12-7-5-4-6-8-12/h4-8,11H,9H2,1-3H3,(H,15,19). The molecule has 0 unspecified atom stereocenters. The fourth-order valence-electron chi connectivity index (χ4n) is 1.46. The molecule has 1 N–H and O–H groups in total. The van der Waals surface area contributed by atoms with Gasteiger partial charge in [-0.25, -0.2) is 14.5 Å². The highest BCUT2D eigenvalue weighted by molar-refractivity contribution is 6.13. The Hall–Kier alpha value is -2.37. The zero-order chi connectivity index (χ0) is 15.1. The molecule has 4 amide bonds. The minimum Gasteiger partial charge on any atom is -0.330 e. The second-order valence-corrected chi connectivity index (χ2v) is 4.46. The van der Waals surface area contributed by atoms with Crippen LogP contribution in [0.15, 0.2) is 30.3 Å². The third-order valence-corrected chi connectivity index (χ3v) is 2.80. The molecule has 0 spiro atoms. The monoisotopic (exact) mass is 276 g/mol. The quantitative estimate of drug-likeness (QED) is 0.911. The number of imide groups is 1. The number of nitrogens with one attached hydrogen (secondary N) is 1. The van der Waals surface area contributed by atoms with Crippen molar-refractivity contribution in [2.24, 2.45) is 0 Å². The van der Waals surface area contributed by atoms with Crippen molar-refractivity contribution >= 4 is 24.0 Å². The number of nitrogens with zero attached hydrogens (tertiary/aromatic N) is 2. The molecule has 1 aromatic carbocycles. The summed E-state index contributed by atoms with van der Waals surface area (Å²) in [4.78, 5) is 37.1. The van der Waals surface area contributed by atoms with Crippen LogP contribution in [0.4, 0.5) is 15.3 Å². The maximum Gasteiger partial charge on any atom is 0.332 e. The summed E-state index contributed by atoms with van der Waals surface area (Å²) in [6.07, 6.45) is 1.56. The highest BCUT2D eigenvalue weighted by Crippen LogP contribution is 2.16. The van der Waals surface area contributed by atoms with E-state index in [4.69, 9.17) is 0 Å². The number of hydrogen-bond donors (Lipinski definition) is 1. The average Bonchev–Trinajstić information content (AvgIpc) is 2.45. The van der Waals surface area contributed by atoms with Gasteiger partial charge in [-0.3, -0.25) is 4.79 Å². The summed E-state index contributed by atoms with van der Waals surface area (Å²) in [6.45, 7) is 3.43. The predicted octanol–water partition coefficient (Wildman–Crippen LogP) is 1.77. The zero-order valence-electron chi connectivity index (χ0n) is 11.8. The number of amides is 4. The van der Waals surface area contributed by atoms with E-state index >= 15 is 0 Å². The average molecular weight is 276 g/mol. The predicted molar refractivity (Wildman–Crippen MR) is 76.3 cm³/mol. The van der Waals surface area contributed by atoms with Crippen LogP contribution in [0.3, 0.4) is 0 Å². The van der Waals surface area contributed by atoms with Crippen LogP contribution in [-0.2, 0) is 4.79 Å². The molecule has 1 aromatic rings. The first-order valence-corrected chi connectivity index (χ1v) is 6.23. The van der Waals surface area contributed by atoms with Crippen molar-refractivity contribution < 1.29 is 14.4 Å². The van der Waals surface area contributed by atoms with Crippen molar-refractivity contribution in [3.8, 4) is 0 Å². The number of rotatable bonds is 4. The van der Waals surface area contributed by atoms with Gasteiger partial charge >= 0.3 is 12.1 Å². The van der Waals surface area contributed by atoms with Gasteiger partial charge in [0.05, 0.1) is 12.2 Å². The third kappa shape index (κ3) is 3.81. The maximum atomic E-state index is 12.4. The first-order chi connectivity index (χ1) is 9.49. The number of hydrogen-bond acceptors (Lipinski definition) is 3. The minimum atomic E-state index is -0.656. The van der Waals surface area contributed by atoms with Crippen molar-refractivity contribution in [2.45, 2.75) is 19.9 Å². The van der Waals surface area contributed by atoms with Crippen molar-refractivity contribution in [2.75, 3.05) is 18.5 Å². The normalized spacial score (nSPS) is 10.0. The number of carbonyl (C=O) groups is 2. The Morgan fingerprint density at radius 3 is 2.35 bits per heavy atom. The van der Waals surface area contributed by atoms with Crippen molar-refractivity contribution in [3.63, 3.8) is 0 Å². The van der Waals surface area contributed by atoms with Crippen LogP contribution in [0.5, 0.6) is 0 Å². The molecule has 107 valence electrons. The first-order valence-electron chi connectivity index (χ1n) is 6.23. The van der Waals surface area contributed by atoms with E-state index in [0.717, 1.165) is 4.90 Å². The molecular formula is C14H18N3O3. The Kier molecular flexibility index (Phi) is 5.71. The Morgan fingerprint density at radius 2 is 1.85 bits per heavy atom. The van der Waals surface area contributed by atoms with Gasteiger partial charge in [0, 0.05) is 13.1 Å². The molecule has 0 bridgehead atoms. The van der Waals surface area contributed by atoms with E-state index in [1.165, 1.54) is 4.90 Å². The van der Waals surface area contributed by atoms with E-state index in [9.17, 15) is 14.4 Å². The summed E-state index contributed by atoms with van der Waals surface area (Å²) in [7, 11) is 1.61. The summed E-state index contributed by atoms with van der Waals surface area (Å²) in [5.74, 6) is 0. The summed E-state index contributed by atoms with van der Waals surface area (Å²) < 4.78 is 0. The number of urea groups is 2. The lowest BCUT2D eigenvalue weighted by atomic mass is 10.3. The largest absolute Gasteiger partial charge is 0.332 e. The molecule has 6 nitrogen and oxygen atoms in total. The molecule has 0 heterocycles. The Bertz CT molecular complexity index is 474. The van der Waals surface area contributed by atoms with Crippen LogP contribution in [-0.4, -0.2) is 42.9 Å². The lowest BCUT2D eigenvalue weighted by molar-refractivity contribution is 0.202. The van der Waals surface area contributed by atoms with Crippen LogP contribution in [0, 0.1) is 0 Å². The van der Waals surface area contributed by atoms with Crippen LogP contribution in [0.1, 0.15) is 13.8 Å². The molecule has 6 heteroatoms. The second kappa shape index (κ2) is 7.28. The van der Waals surface area contributed by atoms with E-state index in [1.807, 2.05) is 13.8 Å². The molecular weight excluding hydrogens is 258 g/mol.